The number of aromatic hydroxyl groups is 1. The molecule has 2 amide bonds. The van der Waals surface area contributed by atoms with Crippen LogP contribution in [0.2, 0.25) is 0 Å². The summed E-state index contributed by atoms with van der Waals surface area (Å²) in [5.74, 6) is -1.71. The summed E-state index contributed by atoms with van der Waals surface area (Å²) in [6, 6.07) is 19.7. The highest BCUT2D eigenvalue weighted by molar-refractivity contribution is 6.07. The second-order valence-electron chi connectivity index (χ2n) is 7.25. The number of anilines is 1. The van der Waals surface area contributed by atoms with Gasteiger partial charge in [0.05, 0.1) is 5.69 Å². The third-order valence-electron chi connectivity index (χ3n) is 5.11. The lowest BCUT2D eigenvalue weighted by Gasteiger charge is -2.13. The van der Waals surface area contributed by atoms with Crippen molar-refractivity contribution >= 4 is 28.5 Å². The zero-order valence-electron chi connectivity index (χ0n) is 16.8. The highest BCUT2D eigenvalue weighted by Gasteiger charge is 2.26. The van der Waals surface area contributed by atoms with Crippen LogP contribution in [0.5, 0.6) is 5.75 Å². The summed E-state index contributed by atoms with van der Waals surface area (Å²) in [6.07, 6.45) is 0.0995. The summed E-state index contributed by atoms with van der Waals surface area (Å²) in [7, 11) is 0. The van der Waals surface area contributed by atoms with Crippen LogP contribution in [0.1, 0.15) is 16.1 Å². The molecule has 4 rings (SSSR count). The van der Waals surface area contributed by atoms with Crippen LogP contribution < -0.4 is 11.1 Å². The van der Waals surface area contributed by atoms with E-state index in [1.807, 2.05) is 12.1 Å². The van der Waals surface area contributed by atoms with Crippen LogP contribution in [-0.2, 0) is 11.2 Å². The number of furan rings is 1. The van der Waals surface area contributed by atoms with Crippen LogP contribution >= 0.6 is 0 Å². The van der Waals surface area contributed by atoms with Gasteiger partial charge in [-0.3, -0.25) is 9.59 Å². The van der Waals surface area contributed by atoms with Crippen LogP contribution in [0.25, 0.3) is 22.1 Å². The Kier molecular flexibility index (Phi) is 5.67. The minimum Gasteiger partial charge on any atom is -0.508 e. The molecule has 8 nitrogen and oxygen atoms in total. The third-order valence-corrected chi connectivity index (χ3v) is 5.11. The largest absolute Gasteiger partial charge is 0.508 e. The van der Waals surface area contributed by atoms with Crippen molar-refractivity contribution in [2.45, 2.75) is 12.5 Å². The number of nitrogen functional groups attached to an aromatic ring is 1. The van der Waals surface area contributed by atoms with Crippen molar-refractivity contribution in [3.8, 4) is 16.9 Å². The molecular weight excluding hydrogens is 410 g/mol. The molecule has 1 heterocycles. The number of nitrogens with zero attached hydrogens (tertiary/aromatic N) is 1. The molecule has 4 N–H and O–H groups in total. The molecule has 0 aliphatic rings. The minimum atomic E-state index is -1.15. The van der Waals surface area contributed by atoms with E-state index < -0.39 is 17.9 Å². The number of carbonyl (C=O) groups excluding carboxylic acids is 2. The fourth-order valence-electron chi connectivity index (χ4n) is 3.46. The van der Waals surface area contributed by atoms with Gasteiger partial charge >= 0.3 is 5.91 Å². The summed E-state index contributed by atoms with van der Waals surface area (Å²) < 4.78 is 5.70. The number of carbonyl (C=O) groups is 2. The van der Waals surface area contributed by atoms with Crippen LogP contribution in [0.3, 0.4) is 0 Å². The first-order valence-electron chi connectivity index (χ1n) is 9.79. The number of amides is 2. The van der Waals surface area contributed by atoms with Gasteiger partial charge in [-0.2, -0.15) is 0 Å². The highest BCUT2D eigenvalue weighted by Crippen LogP contribution is 2.32. The van der Waals surface area contributed by atoms with Crippen LogP contribution in [0.4, 0.5) is 5.69 Å². The Morgan fingerprint density at radius 1 is 1.00 bits per heavy atom. The van der Waals surface area contributed by atoms with E-state index in [1.54, 1.807) is 60.7 Å². The summed E-state index contributed by atoms with van der Waals surface area (Å²) in [5.41, 5.74) is 9.04. The molecule has 1 atom stereocenters. The van der Waals surface area contributed by atoms with Gasteiger partial charge in [-0.15, -0.1) is 4.91 Å². The molecule has 0 aliphatic carbocycles. The van der Waals surface area contributed by atoms with Gasteiger partial charge in [-0.05, 0) is 41.0 Å². The quantitative estimate of drug-likeness (QED) is 0.396. The number of nitroso groups, excluding NO2 is 1. The van der Waals surface area contributed by atoms with Crippen molar-refractivity contribution in [2.24, 2.45) is 5.18 Å². The summed E-state index contributed by atoms with van der Waals surface area (Å²) in [5, 5.41) is 15.0. The van der Waals surface area contributed by atoms with Gasteiger partial charge in [0.25, 0.3) is 5.91 Å². The first kappa shape index (κ1) is 20.8. The summed E-state index contributed by atoms with van der Waals surface area (Å²) >= 11 is 0. The van der Waals surface area contributed by atoms with Gasteiger partial charge in [0.1, 0.15) is 17.4 Å². The van der Waals surface area contributed by atoms with Gasteiger partial charge in [-0.25, -0.2) is 0 Å². The maximum atomic E-state index is 12.8. The Labute approximate surface area is 182 Å². The number of hydrogen-bond acceptors (Lipinski definition) is 6. The predicted octanol–water partition coefficient (Wildman–Crippen LogP) is 4.02. The number of benzene rings is 3. The van der Waals surface area contributed by atoms with Gasteiger partial charge in [0, 0.05) is 17.0 Å². The Hall–Kier alpha value is -4.46. The van der Waals surface area contributed by atoms with Crippen molar-refractivity contribution in [2.75, 3.05) is 5.73 Å². The Balaban J connectivity index is 1.61. The van der Waals surface area contributed by atoms with E-state index in [4.69, 9.17) is 10.2 Å². The van der Waals surface area contributed by atoms with E-state index >= 15 is 0 Å². The van der Waals surface area contributed by atoms with Crippen molar-refractivity contribution in [3.63, 3.8) is 0 Å². The average Bonchev–Trinajstić information content (AvgIpc) is 3.15. The summed E-state index contributed by atoms with van der Waals surface area (Å²) in [4.78, 5) is 35.7. The first-order valence-corrected chi connectivity index (χ1v) is 9.79. The molecular formula is C24H19N3O5. The molecule has 32 heavy (non-hydrogen) atoms. The van der Waals surface area contributed by atoms with Crippen LogP contribution in [0, 0.1) is 4.91 Å². The number of nitrogens with two attached hydrogens (primary N) is 1. The summed E-state index contributed by atoms with van der Waals surface area (Å²) in [6.45, 7) is 0. The Morgan fingerprint density at radius 3 is 2.38 bits per heavy atom. The topological polar surface area (TPSA) is 135 Å². The molecule has 0 fully saturated rings. The number of phenolic OH excluding ortho intramolecular Hbond substituents is 1. The zero-order chi connectivity index (χ0) is 22.7. The fraction of sp³-hybridized carbons (Fsp3) is 0.0833. The second-order valence-corrected chi connectivity index (χ2v) is 7.25. The second kappa shape index (κ2) is 8.73. The van der Waals surface area contributed by atoms with E-state index in [9.17, 15) is 19.6 Å². The van der Waals surface area contributed by atoms with Crippen molar-refractivity contribution < 1.29 is 19.1 Å². The smallest absolute Gasteiger partial charge is 0.308 e. The first-order chi connectivity index (χ1) is 15.5. The van der Waals surface area contributed by atoms with Gasteiger partial charge in [-0.1, -0.05) is 48.5 Å². The lowest BCUT2D eigenvalue weighted by molar-refractivity contribution is -0.119. The van der Waals surface area contributed by atoms with Gasteiger partial charge < -0.3 is 20.6 Å². The monoisotopic (exact) mass is 429 g/mol. The average molecular weight is 429 g/mol. The highest BCUT2D eigenvalue weighted by atomic mass is 16.3. The maximum Gasteiger partial charge on any atom is 0.308 e. The normalized spacial score (nSPS) is 11.8. The molecule has 0 saturated carbocycles. The predicted molar refractivity (Wildman–Crippen MR) is 120 cm³/mol. The Morgan fingerprint density at radius 2 is 1.69 bits per heavy atom. The number of phenols is 1. The standard InChI is InChI=1S/C24H19N3O5/c25-21-18-11-8-16(15-6-9-17(28)10-7-15)13-20(18)32-22(21)24(30)26-19(23(29)27-31)12-14-4-2-1-3-5-14/h1-11,13,19,28H,12,25H2,(H,26,30). The number of fused-ring (bicyclic) bond motifs is 1. The molecule has 160 valence electrons. The maximum absolute atomic E-state index is 12.8. The van der Waals surface area contributed by atoms with Crippen molar-refractivity contribution in [1.82, 2.24) is 5.32 Å². The van der Waals surface area contributed by atoms with Gasteiger partial charge in [0.15, 0.2) is 0 Å². The molecule has 8 heteroatoms. The SMILES string of the molecule is Nc1c(C(=O)NC(Cc2ccccc2)C(=O)N=O)oc2cc(-c3ccc(O)cc3)ccc12. The molecule has 0 bridgehead atoms. The lowest BCUT2D eigenvalue weighted by Crippen LogP contribution is -2.41. The molecule has 0 spiro atoms. The number of rotatable bonds is 6. The van der Waals surface area contributed by atoms with Crippen LogP contribution in [0.15, 0.2) is 82.4 Å². The molecule has 3 aromatic carbocycles. The molecule has 1 unspecified atom stereocenters. The fourth-order valence-corrected chi connectivity index (χ4v) is 3.46. The van der Waals surface area contributed by atoms with E-state index in [2.05, 4.69) is 10.5 Å². The molecule has 4 aromatic rings. The zero-order valence-corrected chi connectivity index (χ0v) is 16.8. The van der Waals surface area contributed by atoms with E-state index in [0.29, 0.717) is 11.0 Å². The van der Waals surface area contributed by atoms with E-state index in [1.165, 1.54) is 0 Å². The molecule has 0 aliphatic heterocycles. The van der Waals surface area contributed by atoms with Gasteiger partial charge in [0.2, 0.25) is 5.76 Å². The van der Waals surface area contributed by atoms with E-state index in [-0.39, 0.29) is 23.6 Å². The third kappa shape index (κ3) is 4.20. The molecule has 0 saturated heterocycles. The van der Waals surface area contributed by atoms with E-state index in [0.717, 1.165) is 16.7 Å². The lowest BCUT2D eigenvalue weighted by atomic mass is 10.0. The van der Waals surface area contributed by atoms with Crippen molar-refractivity contribution in [3.05, 3.63) is 89.0 Å². The molecule has 0 radical (unpaired) electrons. The van der Waals surface area contributed by atoms with Crippen molar-refractivity contribution in [1.29, 1.82) is 0 Å². The minimum absolute atomic E-state index is 0.0995. The molecule has 1 aromatic heterocycles. The number of hydrogen-bond donors (Lipinski definition) is 3. The van der Waals surface area contributed by atoms with Crippen LogP contribution in [-0.4, -0.2) is 23.0 Å². The number of nitrogens with one attached hydrogen (secondary N) is 1. The Bertz CT molecular complexity index is 1300.